The third-order valence-electron chi connectivity index (χ3n) is 1.66. The lowest BCUT2D eigenvalue weighted by Gasteiger charge is -2.00. The van der Waals surface area contributed by atoms with Gasteiger partial charge in [-0.15, -0.1) is 0 Å². The van der Waals surface area contributed by atoms with Gasteiger partial charge >= 0.3 is 0 Å². The quantitative estimate of drug-likeness (QED) is 0.891. The van der Waals surface area contributed by atoms with Crippen molar-refractivity contribution in [2.75, 3.05) is 5.32 Å². The van der Waals surface area contributed by atoms with E-state index < -0.39 is 0 Å². The van der Waals surface area contributed by atoms with Crippen molar-refractivity contribution in [1.82, 2.24) is 9.97 Å². The van der Waals surface area contributed by atoms with Crippen molar-refractivity contribution < 1.29 is 4.79 Å². The molecule has 0 aromatic carbocycles. The molecule has 1 amide bonds. The molecule has 0 saturated carbocycles. The molecule has 7 heteroatoms. The normalized spacial score (nSPS) is 10.1. The number of halogens is 2. The van der Waals surface area contributed by atoms with Crippen LogP contribution in [-0.2, 0) is 0 Å². The minimum Gasteiger partial charge on any atom is -0.296 e. The average molecular weight is 363 g/mol. The summed E-state index contributed by atoms with van der Waals surface area (Å²) in [6.07, 6.45) is 3.21. The summed E-state index contributed by atoms with van der Waals surface area (Å²) in [6.45, 7) is 0. The van der Waals surface area contributed by atoms with E-state index in [1.54, 1.807) is 24.5 Å². The number of amides is 1. The highest BCUT2D eigenvalue weighted by Gasteiger charge is 2.09. The van der Waals surface area contributed by atoms with Crippen LogP contribution in [0.4, 0.5) is 5.13 Å². The Hall–Kier alpha value is -0.790. The van der Waals surface area contributed by atoms with Crippen molar-refractivity contribution in [3.63, 3.8) is 0 Å². The molecular formula is C9H5Br2N3OS. The second kappa shape index (κ2) is 5.03. The molecule has 2 heterocycles. The summed E-state index contributed by atoms with van der Waals surface area (Å²) in [6, 6.07) is 3.40. The zero-order valence-electron chi connectivity index (χ0n) is 7.78. The van der Waals surface area contributed by atoms with Crippen molar-refractivity contribution in [3.05, 3.63) is 38.5 Å². The first kappa shape index (κ1) is 11.7. The number of carbonyl (C=O) groups excluding carboxylic acids is 1. The van der Waals surface area contributed by atoms with E-state index in [1.165, 1.54) is 11.3 Å². The molecule has 82 valence electrons. The van der Waals surface area contributed by atoms with Crippen molar-refractivity contribution in [3.8, 4) is 0 Å². The van der Waals surface area contributed by atoms with Crippen LogP contribution in [0.15, 0.2) is 32.8 Å². The van der Waals surface area contributed by atoms with Crippen LogP contribution in [0.25, 0.3) is 0 Å². The second-order valence-corrected chi connectivity index (χ2v) is 6.11. The van der Waals surface area contributed by atoms with Crippen LogP contribution >= 0.6 is 43.2 Å². The molecule has 0 spiro atoms. The van der Waals surface area contributed by atoms with E-state index in [1.807, 2.05) is 0 Å². The summed E-state index contributed by atoms with van der Waals surface area (Å²) < 4.78 is 1.70. The van der Waals surface area contributed by atoms with E-state index in [0.717, 1.165) is 8.26 Å². The molecule has 0 aliphatic heterocycles. The Labute approximate surface area is 112 Å². The van der Waals surface area contributed by atoms with Crippen molar-refractivity contribution in [2.24, 2.45) is 0 Å². The summed E-state index contributed by atoms with van der Waals surface area (Å²) >= 11 is 7.88. The number of carbonyl (C=O) groups is 1. The molecule has 0 unspecified atom stereocenters. The summed E-state index contributed by atoms with van der Waals surface area (Å²) in [5, 5.41) is 3.20. The van der Waals surface area contributed by atoms with E-state index in [4.69, 9.17) is 0 Å². The number of nitrogens with zero attached hydrogens (tertiary/aromatic N) is 2. The smallest absolute Gasteiger partial charge is 0.276 e. The number of hydrogen-bond acceptors (Lipinski definition) is 4. The minimum atomic E-state index is -0.269. The van der Waals surface area contributed by atoms with Crippen LogP contribution in [0, 0.1) is 0 Å². The zero-order chi connectivity index (χ0) is 11.5. The summed E-state index contributed by atoms with van der Waals surface area (Å²) in [7, 11) is 0. The van der Waals surface area contributed by atoms with Gasteiger partial charge in [-0.25, -0.2) is 9.97 Å². The summed E-state index contributed by atoms with van der Waals surface area (Å²) in [5.74, 6) is -0.269. The van der Waals surface area contributed by atoms with Gasteiger partial charge in [0.2, 0.25) is 0 Å². The van der Waals surface area contributed by atoms with Gasteiger partial charge in [-0.3, -0.25) is 10.1 Å². The summed E-state index contributed by atoms with van der Waals surface area (Å²) in [5.41, 5.74) is 0.356. The molecule has 0 atom stereocenters. The van der Waals surface area contributed by atoms with Crippen LogP contribution in [0.5, 0.6) is 0 Å². The van der Waals surface area contributed by atoms with Crippen LogP contribution in [-0.4, -0.2) is 15.9 Å². The third-order valence-corrected chi connectivity index (χ3v) is 3.52. The Morgan fingerprint density at radius 2 is 2.06 bits per heavy atom. The number of thiazole rings is 1. The Kier molecular flexibility index (Phi) is 3.67. The maximum atomic E-state index is 11.7. The first-order valence-electron chi connectivity index (χ1n) is 4.19. The lowest BCUT2D eigenvalue weighted by molar-refractivity contribution is 0.102. The van der Waals surface area contributed by atoms with Crippen molar-refractivity contribution in [2.45, 2.75) is 0 Å². The highest BCUT2D eigenvalue weighted by Crippen LogP contribution is 2.23. The van der Waals surface area contributed by atoms with Crippen LogP contribution in [0.1, 0.15) is 10.5 Å². The zero-order valence-corrected chi connectivity index (χ0v) is 11.8. The molecule has 0 saturated heterocycles. The third kappa shape index (κ3) is 2.87. The average Bonchev–Trinajstić information content (AvgIpc) is 2.65. The lowest BCUT2D eigenvalue weighted by atomic mass is 10.3. The van der Waals surface area contributed by atoms with Gasteiger partial charge in [0.25, 0.3) is 5.91 Å². The molecule has 2 aromatic rings. The van der Waals surface area contributed by atoms with Gasteiger partial charge in [-0.05, 0) is 44.0 Å². The predicted octanol–water partition coefficient (Wildman–Crippen LogP) is 3.32. The van der Waals surface area contributed by atoms with Gasteiger partial charge in [0.1, 0.15) is 5.69 Å². The molecule has 4 nitrogen and oxygen atoms in total. The standard InChI is InChI=1S/C9H5Br2N3OS/c10-5-1-2-6(12-3-5)8(15)14-9-13-4-7(11)16-9/h1-4H,(H,13,14,15). The first-order chi connectivity index (χ1) is 7.65. The van der Waals surface area contributed by atoms with Gasteiger partial charge in [-0.1, -0.05) is 11.3 Å². The number of rotatable bonds is 2. The molecule has 2 rings (SSSR count). The number of nitrogens with one attached hydrogen (secondary N) is 1. The molecule has 0 aliphatic rings. The first-order valence-corrected chi connectivity index (χ1v) is 6.59. The van der Waals surface area contributed by atoms with Gasteiger partial charge in [-0.2, -0.15) is 0 Å². The van der Waals surface area contributed by atoms with Gasteiger partial charge in [0, 0.05) is 10.7 Å². The number of aromatic nitrogens is 2. The molecule has 0 radical (unpaired) electrons. The predicted molar refractivity (Wildman–Crippen MR) is 69.7 cm³/mol. The maximum absolute atomic E-state index is 11.7. The highest BCUT2D eigenvalue weighted by atomic mass is 79.9. The topological polar surface area (TPSA) is 54.9 Å². The van der Waals surface area contributed by atoms with E-state index in [-0.39, 0.29) is 5.91 Å². The molecule has 0 bridgehead atoms. The monoisotopic (exact) mass is 361 g/mol. The van der Waals surface area contributed by atoms with Gasteiger partial charge in [0.05, 0.1) is 9.98 Å². The molecular weight excluding hydrogens is 358 g/mol. The number of anilines is 1. The number of hydrogen-bond donors (Lipinski definition) is 1. The molecule has 0 fully saturated rings. The van der Waals surface area contributed by atoms with E-state index in [0.29, 0.717) is 10.8 Å². The Bertz CT molecular complexity index is 512. The molecule has 0 aliphatic carbocycles. The fraction of sp³-hybridized carbons (Fsp3) is 0. The molecule has 2 aromatic heterocycles. The maximum Gasteiger partial charge on any atom is 0.276 e. The molecule has 1 N–H and O–H groups in total. The fourth-order valence-corrected chi connectivity index (χ4v) is 2.32. The van der Waals surface area contributed by atoms with Gasteiger partial charge in [0.15, 0.2) is 5.13 Å². The van der Waals surface area contributed by atoms with E-state index in [2.05, 4.69) is 47.1 Å². The van der Waals surface area contributed by atoms with E-state index >= 15 is 0 Å². The molecule has 16 heavy (non-hydrogen) atoms. The summed E-state index contributed by atoms with van der Waals surface area (Å²) in [4.78, 5) is 19.7. The fourth-order valence-electron chi connectivity index (χ4n) is 0.984. The van der Waals surface area contributed by atoms with Gasteiger partial charge < -0.3 is 0 Å². The minimum absolute atomic E-state index is 0.269. The van der Waals surface area contributed by atoms with Crippen LogP contribution in [0.2, 0.25) is 0 Å². The largest absolute Gasteiger partial charge is 0.296 e. The number of pyridine rings is 1. The van der Waals surface area contributed by atoms with Crippen LogP contribution < -0.4 is 5.32 Å². The van der Waals surface area contributed by atoms with Crippen molar-refractivity contribution >= 4 is 54.2 Å². The van der Waals surface area contributed by atoms with Crippen LogP contribution in [0.3, 0.4) is 0 Å². The van der Waals surface area contributed by atoms with Crippen molar-refractivity contribution in [1.29, 1.82) is 0 Å². The lowest BCUT2D eigenvalue weighted by Crippen LogP contribution is -2.13. The SMILES string of the molecule is O=C(Nc1ncc(Br)s1)c1ccc(Br)cn1. The Morgan fingerprint density at radius 3 is 2.62 bits per heavy atom. The second-order valence-electron chi connectivity index (χ2n) is 2.79. The Balaban J connectivity index is 2.11. The van der Waals surface area contributed by atoms with E-state index in [9.17, 15) is 4.79 Å². The Morgan fingerprint density at radius 1 is 1.25 bits per heavy atom. The highest BCUT2D eigenvalue weighted by molar-refractivity contribution is 9.11.